The van der Waals surface area contributed by atoms with E-state index in [4.69, 9.17) is 28.5 Å². The number of pyridine rings is 1. The molecule has 2 aromatic heterocycles. The van der Waals surface area contributed by atoms with Crippen LogP contribution in [0.4, 0.5) is 10.6 Å². The largest absolute Gasteiger partial charge is 0.465 e. The van der Waals surface area contributed by atoms with Gasteiger partial charge in [-0.1, -0.05) is 11.6 Å². The van der Waals surface area contributed by atoms with Gasteiger partial charge in [0, 0.05) is 25.8 Å². The minimum Gasteiger partial charge on any atom is -0.465 e. The molecule has 0 aliphatic carbocycles. The van der Waals surface area contributed by atoms with Crippen LogP contribution >= 0.6 is 23.2 Å². The van der Waals surface area contributed by atoms with Crippen LogP contribution in [0.25, 0.3) is 11.0 Å². The molecule has 0 saturated carbocycles. The predicted molar refractivity (Wildman–Crippen MR) is 88.3 cm³/mol. The summed E-state index contributed by atoms with van der Waals surface area (Å²) >= 11 is 11.9. The zero-order valence-corrected chi connectivity index (χ0v) is 13.9. The molecule has 124 valence electrons. The number of halogens is 2. The maximum Gasteiger partial charge on any atom is 0.407 e. The minimum atomic E-state index is -1.04. The van der Waals surface area contributed by atoms with E-state index in [9.17, 15) is 9.90 Å². The first-order valence-electron chi connectivity index (χ1n) is 7.10. The maximum absolute atomic E-state index is 11.3. The summed E-state index contributed by atoms with van der Waals surface area (Å²) in [6.07, 6.45) is 0.550. The normalized spacial score (nSPS) is 17.8. The average molecular weight is 367 g/mol. The standard InChI is InChI=1S/C14H12Cl2N6O2/c15-8-5-10-11(18-6-8)12(20-13(16)19-10)21-3-4-22(14(23)24)9(7-21)1-2-17/h5-6,9H,1,3-4,7H2,(H,23,24). The van der Waals surface area contributed by atoms with Gasteiger partial charge in [0.2, 0.25) is 5.28 Å². The van der Waals surface area contributed by atoms with Crippen molar-refractivity contribution in [1.29, 1.82) is 5.26 Å². The van der Waals surface area contributed by atoms with Gasteiger partial charge < -0.3 is 14.9 Å². The number of anilines is 1. The van der Waals surface area contributed by atoms with Crippen LogP contribution in [0.2, 0.25) is 10.3 Å². The molecule has 1 N–H and O–H groups in total. The lowest BCUT2D eigenvalue weighted by Crippen LogP contribution is -2.55. The molecule has 3 heterocycles. The van der Waals surface area contributed by atoms with Crippen molar-refractivity contribution in [1.82, 2.24) is 19.9 Å². The van der Waals surface area contributed by atoms with Crippen molar-refractivity contribution in [2.45, 2.75) is 12.5 Å². The molecule has 0 aromatic carbocycles. The highest BCUT2D eigenvalue weighted by Crippen LogP contribution is 2.27. The molecule has 1 unspecified atom stereocenters. The lowest BCUT2D eigenvalue weighted by molar-refractivity contribution is 0.119. The number of nitrogens with zero attached hydrogens (tertiary/aromatic N) is 6. The van der Waals surface area contributed by atoms with Crippen LogP contribution in [0, 0.1) is 11.3 Å². The number of carboxylic acid groups (broad SMARTS) is 1. The van der Waals surface area contributed by atoms with E-state index >= 15 is 0 Å². The van der Waals surface area contributed by atoms with Gasteiger partial charge in [-0.25, -0.2) is 14.8 Å². The first kappa shape index (κ1) is 16.5. The zero-order chi connectivity index (χ0) is 17.3. The lowest BCUT2D eigenvalue weighted by atomic mass is 10.1. The van der Waals surface area contributed by atoms with E-state index in [1.807, 2.05) is 11.0 Å². The van der Waals surface area contributed by atoms with E-state index in [1.165, 1.54) is 11.1 Å². The van der Waals surface area contributed by atoms with Crippen molar-refractivity contribution < 1.29 is 9.90 Å². The van der Waals surface area contributed by atoms with E-state index in [0.717, 1.165) is 0 Å². The Hall–Kier alpha value is -2.37. The third kappa shape index (κ3) is 3.13. The molecular formula is C14H12Cl2N6O2. The Labute approximate surface area is 147 Å². The SMILES string of the molecule is N#CCC1CN(c2nc(Cl)nc3cc(Cl)cnc23)CCN1C(=O)O. The number of carbonyl (C=O) groups is 1. The molecule has 0 spiro atoms. The molecule has 1 saturated heterocycles. The topological polar surface area (TPSA) is 106 Å². The van der Waals surface area contributed by atoms with Crippen LogP contribution in [0.1, 0.15) is 6.42 Å². The Morgan fingerprint density at radius 2 is 2.21 bits per heavy atom. The lowest BCUT2D eigenvalue weighted by Gasteiger charge is -2.39. The molecule has 1 aliphatic rings. The summed E-state index contributed by atoms with van der Waals surface area (Å²) in [5, 5.41) is 18.7. The summed E-state index contributed by atoms with van der Waals surface area (Å²) in [6, 6.07) is 3.22. The van der Waals surface area contributed by atoms with E-state index in [2.05, 4.69) is 15.0 Å². The first-order valence-corrected chi connectivity index (χ1v) is 7.85. The Balaban J connectivity index is 1.99. The average Bonchev–Trinajstić information content (AvgIpc) is 2.53. The minimum absolute atomic E-state index is 0.0547. The number of piperazine rings is 1. The fraction of sp³-hybridized carbons (Fsp3) is 0.357. The number of rotatable bonds is 2. The molecular weight excluding hydrogens is 355 g/mol. The Kier molecular flexibility index (Phi) is 4.55. The van der Waals surface area contributed by atoms with Crippen molar-refractivity contribution >= 4 is 46.1 Å². The number of hydrogen-bond acceptors (Lipinski definition) is 6. The van der Waals surface area contributed by atoms with Crippen molar-refractivity contribution in [2.75, 3.05) is 24.5 Å². The molecule has 1 aliphatic heterocycles. The smallest absolute Gasteiger partial charge is 0.407 e. The first-order chi connectivity index (χ1) is 11.5. The molecule has 24 heavy (non-hydrogen) atoms. The van der Waals surface area contributed by atoms with Gasteiger partial charge in [-0.2, -0.15) is 10.2 Å². The fourth-order valence-corrected chi connectivity index (χ4v) is 3.07. The highest BCUT2D eigenvalue weighted by Gasteiger charge is 2.31. The number of hydrogen-bond donors (Lipinski definition) is 1. The number of fused-ring (bicyclic) bond motifs is 1. The van der Waals surface area contributed by atoms with Gasteiger partial charge in [-0.15, -0.1) is 0 Å². The predicted octanol–water partition coefficient (Wildman–Crippen LogP) is 2.41. The molecule has 0 bridgehead atoms. The Morgan fingerprint density at radius 1 is 1.42 bits per heavy atom. The number of nitriles is 1. The summed E-state index contributed by atoms with van der Waals surface area (Å²) < 4.78 is 0. The van der Waals surface area contributed by atoms with Crippen LogP contribution in [0.5, 0.6) is 0 Å². The van der Waals surface area contributed by atoms with Gasteiger partial charge >= 0.3 is 6.09 Å². The van der Waals surface area contributed by atoms with Crippen LogP contribution in [0.15, 0.2) is 12.3 Å². The van der Waals surface area contributed by atoms with Gasteiger partial charge in [-0.05, 0) is 17.7 Å². The van der Waals surface area contributed by atoms with E-state index in [0.29, 0.717) is 35.0 Å². The second kappa shape index (κ2) is 6.63. The monoisotopic (exact) mass is 366 g/mol. The third-order valence-corrected chi connectivity index (χ3v) is 4.19. The second-order valence-corrected chi connectivity index (χ2v) is 6.05. The molecule has 1 atom stereocenters. The molecule has 0 radical (unpaired) electrons. The van der Waals surface area contributed by atoms with Gasteiger partial charge in [0.1, 0.15) is 5.52 Å². The molecule has 10 heteroatoms. The highest BCUT2D eigenvalue weighted by atomic mass is 35.5. The Morgan fingerprint density at radius 3 is 2.92 bits per heavy atom. The number of aromatic nitrogens is 3. The molecule has 1 amide bonds. The summed E-state index contributed by atoms with van der Waals surface area (Å²) in [5.41, 5.74) is 1.04. The Bertz CT molecular complexity index is 835. The quantitative estimate of drug-likeness (QED) is 0.813. The zero-order valence-electron chi connectivity index (χ0n) is 12.4. The summed E-state index contributed by atoms with van der Waals surface area (Å²) in [4.78, 5) is 27.1. The van der Waals surface area contributed by atoms with Crippen LogP contribution in [-0.4, -0.2) is 56.7 Å². The highest BCUT2D eigenvalue weighted by molar-refractivity contribution is 6.31. The van der Waals surface area contributed by atoms with Crippen molar-refractivity contribution in [3.05, 3.63) is 22.6 Å². The molecule has 2 aromatic rings. The third-order valence-electron chi connectivity index (χ3n) is 3.81. The van der Waals surface area contributed by atoms with Gasteiger partial charge in [0.25, 0.3) is 0 Å². The molecule has 8 nitrogen and oxygen atoms in total. The van der Waals surface area contributed by atoms with Gasteiger partial charge in [0.15, 0.2) is 5.82 Å². The molecule has 3 rings (SSSR count). The summed E-state index contributed by atoms with van der Waals surface area (Å²) in [7, 11) is 0. The van der Waals surface area contributed by atoms with Crippen molar-refractivity contribution in [2.24, 2.45) is 0 Å². The van der Waals surface area contributed by atoms with Crippen LogP contribution < -0.4 is 4.90 Å². The van der Waals surface area contributed by atoms with Crippen LogP contribution in [0.3, 0.4) is 0 Å². The number of amides is 1. The van der Waals surface area contributed by atoms with E-state index < -0.39 is 12.1 Å². The van der Waals surface area contributed by atoms with Gasteiger partial charge in [0.05, 0.1) is 29.1 Å². The van der Waals surface area contributed by atoms with Crippen molar-refractivity contribution in [3.8, 4) is 6.07 Å². The maximum atomic E-state index is 11.3. The van der Waals surface area contributed by atoms with Gasteiger partial charge in [-0.3, -0.25) is 0 Å². The summed E-state index contributed by atoms with van der Waals surface area (Å²) in [5.74, 6) is 0.509. The van der Waals surface area contributed by atoms with E-state index in [1.54, 1.807) is 6.07 Å². The second-order valence-electron chi connectivity index (χ2n) is 5.28. The summed E-state index contributed by atoms with van der Waals surface area (Å²) in [6.45, 7) is 1.01. The van der Waals surface area contributed by atoms with E-state index in [-0.39, 0.29) is 18.2 Å². The van der Waals surface area contributed by atoms with Crippen LogP contribution in [-0.2, 0) is 0 Å². The fourth-order valence-electron chi connectivity index (χ4n) is 2.75. The van der Waals surface area contributed by atoms with Crippen molar-refractivity contribution in [3.63, 3.8) is 0 Å². The molecule has 1 fully saturated rings.